The monoisotopic (exact) mass is 430 g/mol. The van der Waals surface area contributed by atoms with E-state index in [2.05, 4.69) is 20.7 Å². The number of oxazole rings is 1. The number of hydrogen-bond donors (Lipinski definition) is 0. The molecule has 4 rings (SSSR count). The molecule has 0 radical (unpaired) electrons. The van der Waals surface area contributed by atoms with Gasteiger partial charge in [-0.15, -0.1) is 5.73 Å². The minimum absolute atomic E-state index is 0.170. The van der Waals surface area contributed by atoms with Gasteiger partial charge in [0.25, 0.3) is 5.91 Å². The van der Waals surface area contributed by atoms with Crippen molar-refractivity contribution in [3.05, 3.63) is 71.0 Å². The molecular weight excluding hydrogens is 408 g/mol. The molecule has 0 spiro atoms. The Balaban J connectivity index is 1.85. The topological polar surface area (TPSA) is 90.6 Å². The zero-order valence-corrected chi connectivity index (χ0v) is 18.5. The number of methoxy groups -OCH3 is 2. The van der Waals surface area contributed by atoms with Gasteiger partial charge in [-0.2, -0.15) is 0 Å². The van der Waals surface area contributed by atoms with E-state index >= 15 is 0 Å². The van der Waals surface area contributed by atoms with Crippen molar-refractivity contribution < 1.29 is 18.7 Å². The number of aryl methyl sites for hydroxylation is 1. The number of hydrogen-bond acceptors (Lipinski definition) is 7. The predicted molar refractivity (Wildman–Crippen MR) is 119 cm³/mol. The van der Waals surface area contributed by atoms with E-state index in [1.54, 1.807) is 39.6 Å². The molecule has 0 unspecified atom stereocenters. The Morgan fingerprint density at radius 2 is 1.78 bits per heavy atom. The van der Waals surface area contributed by atoms with Crippen LogP contribution in [0.3, 0.4) is 0 Å². The fourth-order valence-corrected chi connectivity index (χ4v) is 3.64. The molecule has 0 saturated heterocycles. The van der Waals surface area contributed by atoms with Crippen molar-refractivity contribution in [2.45, 2.75) is 13.8 Å². The Morgan fingerprint density at radius 3 is 2.41 bits per heavy atom. The third-order valence-electron chi connectivity index (χ3n) is 5.25. The number of aromatic nitrogens is 3. The second-order valence-corrected chi connectivity index (χ2v) is 7.14. The molecule has 0 bridgehead atoms. The number of carbonyl (C=O) groups excluding carboxylic acids is 1. The van der Waals surface area contributed by atoms with Gasteiger partial charge in [-0.05, 0) is 36.3 Å². The Hall–Kier alpha value is -4.16. The smallest absolute Gasteiger partial charge is 0.316 e. The molecule has 2 heterocycles. The lowest BCUT2D eigenvalue weighted by Gasteiger charge is -2.21. The molecule has 1 aromatic carbocycles. The lowest BCUT2D eigenvalue weighted by molar-refractivity contribution is 0.0809. The molecule has 0 saturated carbocycles. The van der Waals surface area contributed by atoms with E-state index in [9.17, 15) is 4.79 Å². The highest BCUT2D eigenvalue weighted by Crippen LogP contribution is 2.40. The molecule has 1 aliphatic carbocycles. The number of allylic oxidation sites excluding steroid dienone is 2. The Bertz CT molecular complexity index is 1280. The zero-order valence-electron chi connectivity index (χ0n) is 18.5. The largest absolute Gasteiger partial charge is 0.496 e. The SMILES string of the molecule is COc1ncc(-c2ccc(OC)c3c2C=C=CC(N(C)C(=O)c2cnc(C)o2)=C3C)cn1. The van der Waals surface area contributed by atoms with Gasteiger partial charge in [0, 0.05) is 49.1 Å². The summed E-state index contributed by atoms with van der Waals surface area (Å²) in [5, 5.41) is 0. The number of likely N-dealkylation sites (N-methyl/N-ethyl adjacent to an activating group) is 1. The first kappa shape index (κ1) is 21.1. The number of fused-ring (bicyclic) bond motifs is 1. The van der Waals surface area contributed by atoms with E-state index in [4.69, 9.17) is 13.9 Å². The molecule has 0 atom stereocenters. The maximum absolute atomic E-state index is 13.0. The lowest BCUT2D eigenvalue weighted by atomic mass is 9.92. The van der Waals surface area contributed by atoms with Gasteiger partial charge < -0.3 is 18.8 Å². The van der Waals surface area contributed by atoms with Gasteiger partial charge in [0.15, 0.2) is 5.89 Å². The number of carbonyl (C=O) groups is 1. The summed E-state index contributed by atoms with van der Waals surface area (Å²) < 4.78 is 16.1. The van der Waals surface area contributed by atoms with Crippen molar-refractivity contribution in [1.82, 2.24) is 19.9 Å². The highest BCUT2D eigenvalue weighted by atomic mass is 16.5. The van der Waals surface area contributed by atoms with Gasteiger partial charge in [-0.25, -0.2) is 15.0 Å². The van der Waals surface area contributed by atoms with E-state index in [0.29, 0.717) is 23.3 Å². The average Bonchev–Trinajstić information content (AvgIpc) is 3.18. The maximum atomic E-state index is 13.0. The van der Waals surface area contributed by atoms with Crippen molar-refractivity contribution in [2.75, 3.05) is 21.3 Å². The lowest BCUT2D eigenvalue weighted by Crippen LogP contribution is -2.25. The van der Waals surface area contributed by atoms with Crippen LogP contribution in [-0.4, -0.2) is 47.0 Å². The van der Waals surface area contributed by atoms with Crippen molar-refractivity contribution >= 4 is 17.6 Å². The van der Waals surface area contributed by atoms with E-state index in [-0.39, 0.29) is 11.7 Å². The second-order valence-electron chi connectivity index (χ2n) is 7.14. The number of benzene rings is 1. The van der Waals surface area contributed by atoms with Gasteiger partial charge in [0.1, 0.15) is 5.75 Å². The van der Waals surface area contributed by atoms with Crippen LogP contribution in [0.2, 0.25) is 0 Å². The molecular formula is C24H22N4O4. The van der Waals surface area contributed by atoms with Crippen LogP contribution in [0.25, 0.3) is 22.8 Å². The van der Waals surface area contributed by atoms with Crippen molar-refractivity contribution in [3.8, 4) is 22.9 Å². The van der Waals surface area contributed by atoms with Gasteiger partial charge in [0.05, 0.1) is 26.1 Å². The summed E-state index contributed by atoms with van der Waals surface area (Å²) in [5.74, 6) is 0.975. The predicted octanol–water partition coefficient (Wildman–Crippen LogP) is 4.14. The Kier molecular flexibility index (Phi) is 5.62. The third kappa shape index (κ3) is 3.68. The minimum Gasteiger partial charge on any atom is -0.496 e. The van der Waals surface area contributed by atoms with Gasteiger partial charge in [0.2, 0.25) is 5.76 Å². The van der Waals surface area contributed by atoms with Crippen LogP contribution in [-0.2, 0) is 0 Å². The first-order valence-corrected chi connectivity index (χ1v) is 9.86. The van der Waals surface area contributed by atoms with Crippen LogP contribution < -0.4 is 9.47 Å². The fraction of sp³-hybridized carbons (Fsp3) is 0.208. The number of ether oxygens (including phenoxy) is 2. The van der Waals surface area contributed by atoms with Crippen LogP contribution in [0, 0.1) is 6.92 Å². The summed E-state index contributed by atoms with van der Waals surface area (Å²) in [6.45, 7) is 3.64. The van der Waals surface area contributed by atoms with Crippen LogP contribution in [0.1, 0.15) is 34.5 Å². The highest BCUT2D eigenvalue weighted by molar-refractivity contribution is 5.96. The van der Waals surface area contributed by atoms with Crippen molar-refractivity contribution in [3.63, 3.8) is 0 Å². The van der Waals surface area contributed by atoms with Crippen molar-refractivity contribution in [2.24, 2.45) is 0 Å². The standard InChI is InChI=1S/C24H22N4O4/c1-14-19(28(3)23(29)21-13-25-15(2)32-21)8-6-7-18-17(9-10-20(30-4)22(14)18)16-11-26-24(31-5)27-12-16/h7-13H,1-5H3. The molecule has 32 heavy (non-hydrogen) atoms. The van der Waals surface area contributed by atoms with Gasteiger partial charge >= 0.3 is 6.01 Å². The summed E-state index contributed by atoms with van der Waals surface area (Å²) in [4.78, 5) is 27.0. The van der Waals surface area contributed by atoms with E-state index in [0.717, 1.165) is 27.8 Å². The van der Waals surface area contributed by atoms with Crippen molar-refractivity contribution in [1.29, 1.82) is 0 Å². The van der Waals surface area contributed by atoms with E-state index in [1.165, 1.54) is 18.2 Å². The number of amides is 1. The Labute approximate surface area is 185 Å². The van der Waals surface area contributed by atoms with Gasteiger partial charge in [-0.3, -0.25) is 4.79 Å². The summed E-state index contributed by atoms with van der Waals surface area (Å²) in [6, 6.07) is 4.14. The quantitative estimate of drug-likeness (QED) is 0.562. The Morgan fingerprint density at radius 1 is 1.03 bits per heavy atom. The minimum atomic E-state index is -0.305. The molecule has 1 amide bonds. The molecule has 0 N–H and O–H groups in total. The molecule has 8 nitrogen and oxygen atoms in total. The van der Waals surface area contributed by atoms with E-state index < -0.39 is 0 Å². The molecule has 162 valence electrons. The molecule has 0 aliphatic heterocycles. The van der Waals surface area contributed by atoms with Crippen LogP contribution in [0.4, 0.5) is 0 Å². The maximum Gasteiger partial charge on any atom is 0.316 e. The molecule has 0 fully saturated rings. The fourth-order valence-electron chi connectivity index (χ4n) is 3.64. The molecule has 2 aromatic heterocycles. The summed E-state index contributed by atoms with van der Waals surface area (Å²) in [7, 11) is 4.83. The average molecular weight is 430 g/mol. The van der Waals surface area contributed by atoms with Crippen LogP contribution in [0.15, 0.2) is 52.6 Å². The first-order valence-electron chi connectivity index (χ1n) is 9.86. The third-order valence-corrected chi connectivity index (χ3v) is 5.25. The second kappa shape index (κ2) is 8.53. The van der Waals surface area contributed by atoms with Crippen LogP contribution >= 0.6 is 0 Å². The number of nitrogens with zero attached hydrogens (tertiary/aromatic N) is 4. The number of rotatable bonds is 5. The molecule has 1 aliphatic rings. The first-order chi connectivity index (χ1) is 15.4. The van der Waals surface area contributed by atoms with Gasteiger partial charge in [-0.1, -0.05) is 0 Å². The summed E-state index contributed by atoms with van der Waals surface area (Å²) >= 11 is 0. The summed E-state index contributed by atoms with van der Waals surface area (Å²) in [5.41, 5.74) is 8.17. The molecule has 8 heteroatoms. The van der Waals surface area contributed by atoms with Crippen LogP contribution in [0.5, 0.6) is 11.8 Å². The molecule has 3 aromatic rings. The summed E-state index contributed by atoms with van der Waals surface area (Å²) in [6.07, 6.45) is 8.47. The van der Waals surface area contributed by atoms with E-state index in [1.807, 2.05) is 25.1 Å². The zero-order chi connectivity index (χ0) is 22.8. The normalized spacial score (nSPS) is 12.4. The highest BCUT2D eigenvalue weighted by Gasteiger charge is 2.24.